The highest BCUT2D eigenvalue weighted by molar-refractivity contribution is 4.86. The van der Waals surface area contributed by atoms with E-state index in [9.17, 15) is 14.7 Å². The highest BCUT2D eigenvalue weighted by atomic mass is 16.4. The van der Waals surface area contributed by atoms with Gasteiger partial charge in [-0.25, -0.2) is 0 Å². The number of rotatable bonds is 6. The first kappa shape index (κ1) is 11.7. The van der Waals surface area contributed by atoms with Crippen molar-refractivity contribution in [3.8, 4) is 0 Å². The lowest BCUT2D eigenvalue weighted by molar-refractivity contribution is 0.00429. The molecule has 0 aromatic rings. The van der Waals surface area contributed by atoms with E-state index in [1.807, 2.05) is 5.18 Å². The molecule has 0 aromatic carbocycles. The van der Waals surface area contributed by atoms with Gasteiger partial charge in [0.2, 0.25) is 6.23 Å². The molecule has 0 aliphatic carbocycles. The van der Waals surface area contributed by atoms with E-state index >= 15 is 0 Å². The second kappa shape index (κ2) is 5.35. The number of hydrogen-bond donors (Lipinski definition) is 3. The van der Waals surface area contributed by atoms with Gasteiger partial charge in [0, 0.05) is 0 Å². The molecular weight excluding hydrogens is 184 g/mol. The molecule has 0 aromatic heterocycles. The van der Waals surface area contributed by atoms with Crippen molar-refractivity contribution < 1.29 is 10.2 Å². The van der Waals surface area contributed by atoms with Crippen molar-refractivity contribution >= 4 is 0 Å². The molecule has 0 aliphatic heterocycles. The zero-order valence-electron chi connectivity index (χ0n) is 6.35. The van der Waals surface area contributed by atoms with E-state index in [-0.39, 0.29) is 0 Å². The molecular formula is C4H8N4O5. The predicted octanol–water partition coefficient (Wildman–Crippen LogP) is -1.38. The van der Waals surface area contributed by atoms with Crippen molar-refractivity contribution in [1.29, 1.82) is 0 Å². The van der Waals surface area contributed by atoms with Gasteiger partial charge in [-0.1, -0.05) is 5.18 Å². The lowest BCUT2D eigenvalue weighted by Gasteiger charge is -2.17. The molecule has 4 N–H and O–H groups in total. The third-order valence-electron chi connectivity index (χ3n) is 1.36. The number of nitroso groups, excluding NO2 is 3. The van der Waals surface area contributed by atoms with Gasteiger partial charge in [-0.3, -0.25) is 0 Å². The number of aliphatic hydroxyl groups is 2. The first-order chi connectivity index (χ1) is 6.08. The average Bonchev–Trinajstić information content (AvgIpc) is 2.17. The normalized spacial score (nSPS) is 19.6. The molecule has 0 heterocycles. The maximum Gasteiger partial charge on any atom is 0.215 e. The lowest BCUT2D eigenvalue weighted by atomic mass is 10.1. The number of nitrogens with zero attached hydrogens (tertiary/aromatic N) is 3. The van der Waals surface area contributed by atoms with Crippen LogP contribution in [0.15, 0.2) is 15.5 Å². The lowest BCUT2D eigenvalue weighted by Crippen LogP contribution is -2.45. The summed E-state index contributed by atoms with van der Waals surface area (Å²) in [6.07, 6.45) is -5.61. The maximum atomic E-state index is 10.0. The fourth-order valence-corrected chi connectivity index (χ4v) is 0.628. The van der Waals surface area contributed by atoms with Crippen LogP contribution < -0.4 is 5.73 Å². The molecule has 9 heteroatoms. The van der Waals surface area contributed by atoms with Crippen molar-refractivity contribution in [3.63, 3.8) is 0 Å². The first-order valence-electron chi connectivity index (χ1n) is 3.17. The van der Waals surface area contributed by atoms with Gasteiger partial charge in [-0.2, -0.15) is 4.91 Å². The minimum atomic E-state index is -2.06. The first-order valence-corrected chi connectivity index (χ1v) is 3.17. The van der Waals surface area contributed by atoms with Gasteiger partial charge >= 0.3 is 0 Å². The quantitative estimate of drug-likeness (QED) is 0.440. The summed E-state index contributed by atoms with van der Waals surface area (Å²) in [6.45, 7) is 0. The molecule has 0 fully saturated rings. The van der Waals surface area contributed by atoms with E-state index in [0.29, 0.717) is 0 Å². The Bertz CT molecular complexity index is 199. The fraction of sp³-hybridized carbons (Fsp3) is 1.00. The highest BCUT2D eigenvalue weighted by Gasteiger charge is 2.34. The van der Waals surface area contributed by atoms with E-state index in [1.54, 1.807) is 0 Å². The summed E-state index contributed by atoms with van der Waals surface area (Å²) in [7, 11) is 0. The third kappa shape index (κ3) is 2.89. The molecule has 74 valence electrons. The van der Waals surface area contributed by atoms with Crippen molar-refractivity contribution in [3.05, 3.63) is 14.7 Å². The maximum absolute atomic E-state index is 10.0. The largest absolute Gasteiger partial charge is 0.386 e. The summed E-state index contributed by atoms with van der Waals surface area (Å²) in [6, 6.07) is -1.69. The molecule has 0 saturated carbocycles. The Labute approximate surface area is 71.8 Å². The minimum absolute atomic E-state index is 1.62. The molecule has 0 rings (SSSR count). The second-order valence-electron chi connectivity index (χ2n) is 2.20. The van der Waals surface area contributed by atoms with E-state index < -0.39 is 24.5 Å². The number of aliphatic hydroxyl groups excluding tert-OH is 2. The van der Waals surface area contributed by atoms with Crippen LogP contribution in [-0.2, 0) is 0 Å². The summed E-state index contributed by atoms with van der Waals surface area (Å²) in [5, 5.41) is 24.1. The number of hydrogen-bond acceptors (Lipinski definition) is 9. The van der Waals surface area contributed by atoms with Crippen LogP contribution in [0.4, 0.5) is 0 Å². The van der Waals surface area contributed by atoms with E-state index in [2.05, 4.69) is 10.4 Å². The van der Waals surface area contributed by atoms with Crippen LogP contribution in [0.3, 0.4) is 0 Å². The Morgan fingerprint density at radius 2 is 1.54 bits per heavy atom. The van der Waals surface area contributed by atoms with E-state index in [1.165, 1.54) is 0 Å². The molecule has 0 bridgehead atoms. The van der Waals surface area contributed by atoms with Gasteiger partial charge < -0.3 is 15.9 Å². The topological polar surface area (TPSA) is 155 Å². The summed E-state index contributed by atoms with van der Waals surface area (Å²) >= 11 is 0. The smallest absolute Gasteiger partial charge is 0.215 e. The van der Waals surface area contributed by atoms with Crippen LogP contribution in [0.2, 0.25) is 0 Å². The van der Waals surface area contributed by atoms with Crippen molar-refractivity contribution in [2.24, 2.45) is 21.3 Å². The van der Waals surface area contributed by atoms with Crippen LogP contribution in [-0.4, -0.2) is 34.8 Å². The van der Waals surface area contributed by atoms with Crippen molar-refractivity contribution in [2.75, 3.05) is 0 Å². The Kier molecular flexibility index (Phi) is 4.80. The highest BCUT2D eigenvalue weighted by Crippen LogP contribution is 2.09. The molecule has 0 spiro atoms. The molecule has 13 heavy (non-hydrogen) atoms. The van der Waals surface area contributed by atoms with Crippen LogP contribution in [0, 0.1) is 14.7 Å². The Morgan fingerprint density at radius 3 is 1.85 bits per heavy atom. The van der Waals surface area contributed by atoms with Crippen molar-refractivity contribution in [1.82, 2.24) is 0 Å². The third-order valence-corrected chi connectivity index (χ3v) is 1.36. The van der Waals surface area contributed by atoms with Gasteiger partial charge in [0.25, 0.3) is 0 Å². The second-order valence-corrected chi connectivity index (χ2v) is 2.20. The van der Waals surface area contributed by atoms with E-state index in [0.717, 1.165) is 0 Å². The predicted molar refractivity (Wildman–Crippen MR) is 41.2 cm³/mol. The number of nitrogens with two attached hydrogens (primary N) is 1. The molecule has 4 atom stereocenters. The summed E-state index contributed by atoms with van der Waals surface area (Å²) in [5.74, 6) is 0. The van der Waals surface area contributed by atoms with Crippen LogP contribution in [0.5, 0.6) is 0 Å². The van der Waals surface area contributed by atoms with Gasteiger partial charge in [0.15, 0.2) is 12.2 Å². The minimum Gasteiger partial charge on any atom is -0.386 e. The SMILES string of the molecule is N[C@@H](N=O)[C@H](N=O)[C@@H](O)[C@H](O)N=O. The van der Waals surface area contributed by atoms with Gasteiger partial charge in [-0.05, 0) is 10.4 Å². The Morgan fingerprint density at radius 1 is 1.00 bits per heavy atom. The van der Waals surface area contributed by atoms with Crippen LogP contribution in [0.1, 0.15) is 0 Å². The Hall–Kier alpha value is -1.32. The summed E-state index contributed by atoms with van der Waals surface area (Å²) in [5.41, 5.74) is 4.93. The van der Waals surface area contributed by atoms with Crippen molar-refractivity contribution in [2.45, 2.75) is 24.5 Å². The van der Waals surface area contributed by atoms with Crippen LogP contribution in [0.25, 0.3) is 0 Å². The summed E-state index contributed by atoms with van der Waals surface area (Å²) < 4.78 is 0. The summed E-state index contributed by atoms with van der Waals surface area (Å²) in [4.78, 5) is 29.6. The molecule has 0 radical (unpaired) electrons. The van der Waals surface area contributed by atoms with Crippen LogP contribution >= 0.6 is 0 Å². The monoisotopic (exact) mass is 192 g/mol. The molecule has 0 saturated heterocycles. The van der Waals surface area contributed by atoms with Gasteiger partial charge in [-0.15, -0.1) is 9.81 Å². The molecule has 9 nitrogen and oxygen atoms in total. The van der Waals surface area contributed by atoms with Gasteiger partial charge in [0.1, 0.15) is 6.10 Å². The van der Waals surface area contributed by atoms with Gasteiger partial charge in [0.05, 0.1) is 0 Å². The molecule has 0 aliphatic rings. The standard InChI is InChI=1S/C4H8N4O5/c5-3(7-12)1(6-11)2(9)4(10)8-13/h1-4,9-10H,5H2/t1-,2-,3+,4+/m1/s1. The molecule has 0 unspecified atom stereocenters. The Balaban J connectivity index is 4.46. The fourth-order valence-electron chi connectivity index (χ4n) is 0.628. The van der Waals surface area contributed by atoms with E-state index in [4.69, 9.17) is 15.9 Å². The average molecular weight is 192 g/mol. The zero-order valence-corrected chi connectivity index (χ0v) is 6.35. The molecule has 0 amide bonds. The zero-order chi connectivity index (χ0) is 10.4.